The third-order valence-electron chi connectivity index (χ3n) is 4.60. The third-order valence-corrected chi connectivity index (χ3v) is 4.60. The van der Waals surface area contributed by atoms with Crippen molar-refractivity contribution in [2.45, 2.75) is 26.7 Å². The van der Waals surface area contributed by atoms with Gasteiger partial charge in [-0.15, -0.1) is 0 Å². The molecule has 0 spiro atoms. The van der Waals surface area contributed by atoms with Crippen LogP contribution in [0.4, 0.5) is 11.8 Å². The zero-order valence-electron chi connectivity index (χ0n) is 14.3. The molecule has 1 saturated heterocycles. The zero-order chi connectivity index (χ0) is 16.1. The van der Waals surface area contributed by atoms with Gasteiger partial charge in [0, 0.05) is 31.6 Å². The van der Waals surface area contributed by atoms with E-state index in [1.165, 1.54) is 12.8 Å². The lowest BCUT2D eigenvalue weighted by Crippen LogP contribution is -2.29. The Bertz CT molecular complexity index is 632. The number of fused-ring (bicyclic) bond motifs is 1. The van der Waals surface area contributed by atoms with Gasteiger partial charge < -0.3 is 15.1 Å². The van der Waals surface area contributed by atoms with Crippen molar-refractivity contribution in [3.8, 4) is 0 Å². The van der Waals surface area contributed by atoms with Crippen LogP contribution in [-0.2, 0) is 0 Å². The van der Waals surface area contributed by atoms with Crippen LogP contribution in [0.1, 0.15) is 26.7 Å². The lowest BCUT2D eigenvalue weighted by molar-refractivity contribution is 0.316. The Balaban J connectivity index is 1.81. The average molecular weight is 313 g/mol. The molecule has 1 aromatic carbocycles. The van der Waals surface area contributed by atoms with Crippen molar-refractivity contribution in [1.29, 1.82) is 0 Å². The van der Waals surface area contributed by atoms with Crippen LogP contribution in [0.2, 0.25) is 0 Å². The lowest BCUT2D eigenvalue weighted by Gasteiger charge is -2.20. The summed E-state index contributed by atoms with van der Waals surface area (Å²) in [5.74, 6) is 1.83. The topological polar surface area (TPSA) is 44.3 Å². The predicted octanol–water partition coefficient (Wildman–Crippen LogP) is 2.98. The first-order valence-corrected chi connectivity index (χ1v) is 8.79. The number of hydrogen-bond acceptors (Lipinski definition) is 5. The summed E-state index contributed by atoms with van der Waals surface area (Å²) in [6.45, 7) is 10.6. The fourth-order valence-electron chi connectivity index (χ4n) is 3.13. The van der Waals surface area contributed by atoms with Crippen molar-refractivity contribution in [3.63, 3.8) is 0 Å². The van der Waals surface area contributed by atoms with Gasteiger partial charge in [0.1, 0.15) is 5.82 Å². The fourth-order valence-corrected chi connectivity index (χ4v) is 3.13. The van der Waals surface area contributed by atoms with E-state index in [0.717, 1.165) is 61.9 Å². The molecule has 124 valence electrons. The summed E-state index contributed by atoms with van der Waals surface area (Å²) in [6, 6.07) is 8.27. The number of likely N-dealkylation sites (N-methyl/N-ethyl adjacent to an activating group) is 1. The van der Waals surface area contributed by atoms with Crippen LogP contribution in [-0.4, -0.2) is 54.1 Å². The molecule has 1 aliphatic rings. The Morgan fingerprint density at radius 2 is 1.83 bits per heavy atom. The summed E-state index contributed by atoms with van der Waals surface area (Å²) in [5, 5.41) is 4.64. The summed E-state index contributed by atoms with van der Waals surface area (Å²) in [4.78, 5) is 14.3. The van der Waals surface area contributed by atoms with Crippen molar-refractivity contribution in [2.24, 2.45) is 0 Å². The Morgan fingerprint density at radius 3 is 2.57 bits per heavy atom. The molecule has 0 radical (unpaired) electrons. The quantitative estimate of drug-likeness (QED) is 0.851. The number of nitrogens with zero attached hydrogens (tertiary/aromatic N) is 4. The van der Waals surface area contributed by atoms with Gasteiger partial charge in [-0.1, -0.05) is 26.0 Å². The standard InChI is InChI=1S/C18H27N5/c1-3-22(4-2)14-11-19-17-15-9-5-6-10-16(15)20-18(21-17)23-12-7-8-13-23/h5-6,9-10H,3-4,7-8,11-14H2,1-2H3,(H,19,20,21). The van der Waals surface area contributed by atoms with Crippen LogP contribution in [0, 0.1) is 0 Å². The summed E-state index contributed by atoms with van der Waals surface area (Å²) < 4.78 is 0. The highest BCUT2D eigenvalue weighted by Gasteiger charge is 2.17. The van der Waals surface area contributed by atoms with Crippen LogP contribution in [0.25, 0.3) is 10.9 Å². The van der Waals surface area contributed by atoms with Crippen molar-refractivity contribution < 1.29 is 0 Å². The molecule has 0 aliphatic carbocycles. The summed E-state index contributed by atoms with van der Waals surface area (Å²) in [7, 11) is 0. The van der Waals surface area contributed by atoms with Gasteiger partial charge in [0.05, 0.1) is 5.52 Å². The van der Waals surface area contributed by atoms with Gasteiger partial charge >= 0.3 is 0 Å². The first-order chi connectivity index (χ1) is 11.3. The zero-order valence-corrected chi connectivity index (χ0v) is 14.3. The van der Waals surface area contributed by atoms with Crippen molar-refractivity contribution in [2.75, 3.05) is 49.5 Å². The van der Waals surface area contributed by atoms with Crippen LogP contribution in [0.3, 0.4) is 0 Å². The van der Waals surface area contributed by atoms with Gasteiger partial charge in [-0.05, 0) is 38.1 Å². The van der Waals surface area contributed by atoms with E-state index in [9.17, 15) is 0 Å². The third kappa shape index (κ3) is 3.72. The molecule has 23 heavy (non-hydrogen) atoms. The molecular weight excluding hydrogens is 286 g/mol. The summed E-state index contributed by atoms with van der Waals surface area (Å²) in [6.07, 6.45) is 2.47. The molecule has 3 rings (SSSR count). The Morgan fingerprint density at radius 1 is 1.09 bits per heavy atom. The van der Waals surface area contributed by atoms with Crippen molar-refractivity contribution in [3.05, 3.63) is 24.3 Å². The first-order valence-electron chi connectivity index (χ1n) is 8.79. The fraction of sp³-hybridized carbons (Fsp3) is 0.556. The van der Waals surface area contributed by atoms with Gasteiger partial charge in [-0.25, -0.2) is 4.98 Å². The number of nitrogens with one attached hydrogen (secondary N) is 1. The monoisotopic (exact) mass is 313 g/mol. The molecule has 1 aromatic heterocycles. The summed E-state index contributed by atoms with van der Waals surface area (Å²) >= 11 is 0. The maximum absolute atomic E-state index is 4.82. The number of rotatable bonds is 7. The minimum Gasteiger partial charge on any atom is -0.368 e. The molecule has 1 aliphatic heterocycles. The molecule has 5 heteroatoms. The second kappa shape index (κ2) is 7.59. The van der Waals surface area contributed by atoms with Gasteiger partial charge in [-0.3, -0.25) is 0 Å². The van der Waals surface area contributed by atoms with Crippen molar-refractivity contribution in [1.82, 2.24) is 14.9 Å². The largest absolute Gasteiger partial charge is 0.368 e. The number of benzene rings is 1. The predicted molar refractivity (Wildman–Crippen MR) is 97.3 cm³/mol. The van der Waals surface area contributed by atoms with E-state index in [4.69, 9.17) is 9.97 Å². The molecule has 0 saturated carbocycles. The number of anilines is 2. The Labute approximate surface area is 138 Å². The molecule has 5 nitrogen and oxygen atoms in total. The van der Waals surface area contributed by atoms with E-state index in [1.807, 2.05) is 6.07 Å². The molecule has 0 amide bonds. The van der Waals surface area contributed by atoms with Gasteiger partial charge in [0.25, 0.3) is 0 Å². The minimum absolute atomic E-state index is 0.867. The molecule has 1 fully saturated rings. The van der Waals surface area contributed by atoms with Crippen LogP contribution < -0.4 is 10.2 Å². The van der Waals surface area contributed by atoms with E-state index >= 15 is 0 Å². The smallest absolute Gasteiger partial charge is 0.227 e. The molecule has 0 unspecified atom stereocenters. The van der Waals surface area contributed by atoms with Crippen molar-refractivity contribution >= 4 is 22.7 Å². The maximum atomic E-state index is 4.82. The highest BCUT2D eigenvalue weighted by Crippen LogP contribution is 2.25. The van der Waals surface area contributed by atoms with Crippen LogP contribution >= 0.6 is 0 Å². The highest BCUT2D eigenvalue weighted by molar-refractivity contribution is 5.90. The van der Waals surface area contributed by atoms with Gasteiger partial charge in [0.2, 0.25) is 5.95 Å². The van der Waals surface area contributed by atoms with Crippen LogP contribution in [0.5, 0.6) is 0 Å². The molecule has 0 atom stereocenters. The van der Waals surface area contributed by atoms with E-state index in [2.05, 4.69) is 47.2 Å². The van der Waals surface area contributed by atoms with E-state index in [1.54, 1.807) is 0 Å². The van der Waals surface area contributed by atoms with Gasteiger partial charge in [0.15, 0.2) is 0 Å². The maximum Gasteiger partial charge on any atom is 0.227 e. The molecular formula is C18H27N5. The Hall–Kier alpha value is -1.88. The normalized spacial score (nSPS) is 14.8. The molecule has 2 aromatic rings. The molecule has 2 heterocycles. The number of aromatic nitrogens is 2. The van der Waals surface area contributed by atoms with E-state index in [0.29, 0.717) is 0 Å². The minimum atomic E-state index is 0.867. The number of para-hydroxylation sites is 1. The van der Waals surface area contributed by atoms with Crippen LogP contribution in [0.15, 0.2) is 24.3 Å². The van der Waals surface area contributed by atoms with Gasteiger partial charge in [-0.2, -0.15) is 4.98 Å². The molecule has 1 N–H and O–H groups in total. The average Bonchev–Trinajstić information content (AvgIpc) is 3.13. The lowest BCUT2D eigenvalue weighted by atomic mass is 10.2. The SMILES string of the molecule is CCN(CC)CCNc1nc(N2CCCC2)nc2ccccc12. The second-order valence-corrected chi connectivity index (χ2v) is 6.04. The first kappa shape index (κ1) is 16.0. The second-order valence-electron chi connectivity index (χ2n) is 6.04. The number of hydrogen-bond donors (Lipinski definition) is 1. The summed E-state index contributed by atoms with van der Waals surface area (Å²) in [5.41, 5.74) is 1.02. The van der Waals surface area contributed by atoms with E-state index in [-0.39, 0.29) is 0 Å². The molecule has 0 bridgehead atoms. The highest BCUT2D eigenvalue weighted by atomic mass is 15.3. The van der Waals surface area contributed by atoms with E-state index < -0.39 is 0 Å². The Kier molecular flexibility index (Phi) is 5.28.